The standard InChI is InChI=1S/C12H15ClN2OS/c1-8-12(11(14)16,6-7-17-8)15-10-4-2-9(13)3-5-10/h2-5,8,15H,6-7H2,1H3,(H2,14,16). The van der Waals surface area contributed by atoms with Crippen molar-refractivity contribution in [1.82, 2.24) is 0 Å². The van der Waals surface area contributed by atoms with Gasteiger partial charge >= 0.3 is 0 Å². The average Bonchev–Trinajstić information content (AvgIpc) is 2.65. The Morgan fingerprint density at radius 1 is 1.53 bits per heavy atom. The van der Waals surface area contributed by atoms with Crippen molar-refractivity contribution in [3.05, 3.63) is 29.3 Å². The van der Waals surface area contributed by atoms with Crippen LogP contribution in [-0.4, -0.2) is 22.4 Å². The average molecular weight is 271 g/mol. The van der Waals surface area contributed by atoms with Gasteiger partial charge in [-0.25, -0.2) is 0 Å². The third-order valence-corrected chi connectivity index (χ3v) is 4.80. The van der Waals surface area contributed by atoms with Crippen LogP contribution in [0.3, 0.4) is 0 Å². The number of benzene rings is 1. The number of carbonyl (C=O) groups excluding carboxylic acids is 1. The van der Waals surface area contributed by atoms with Crippen LogP contribution < -0.4 is 11.1 Å². The molecule has 1 saturated heterocycles. The van der Waals surface area contributed by atoms with E-state index in [2.05, 4.69) is 5.32 Å². The molecule has 0 aliphatic carbocycles. The van der Waals surface area contributed by atoms with Gasteiger partial charge in [0.2, 0.25) is 5.91 Å². The lowest BCUT2D eigenvalue weighted by atomic mass is 9.91. The third-order valence-electron chi connectivity index (χ3n) is 3.21. The third kappa shape index (κ3) is 2.38. The first-order chi connectivity index (χ1) is 8.04. The molecule has 2 unspecified atom stereocenters. The van der Waals surface area contributed by atoms with E-state index in [0.717, 1.165) is 17.9 Å². The van der Waals surface area contributed by atoms with Crippen molar-refractivity contribution in [2.24, 2.45) is 5.73 Å². The van der Waals surface area contributed by atoms with Gasteiger partial charge in [-0.3, -0.25) is 4.79 Å². The number of hydrogen-bond donors (Lipinski definition) is 2. The molecule has 1 aromatic rings. The lowest BCUT2D eigenvalue weighted by Gasteiger charge is -2.31. The van der Waals surface area contributed by atoms with E-state index in [-0.39, 0.29) is 11.2 Å². The molecule has 0 aromatic heterocycles. The number of nitrogens with two attached hydrogens (primary N) is 1. The van der Waals surface area contributed by atoms with Gasteiger partial charge in [-0.2, -0.15) is 11.8 Å². The molecule has 1 fully saturated rings. The van der Waals surface area contributed by atoms with Crippen LogP contribution in [0.15, 0.2) is 24.3 Å². The first-order valence-electron chi connectivity index (χ1n) is 5.50. The number of primary amides is 1. The molecule has 0 saturated carbocycles. The number of anilines is 1. The Bertz CT molecular complexity index is 423. The Hall–Kier alpha value is -0.870. The molecule has 3 nitrogen and oxygen atoms in total. The monoisotopic (exact) mass is 270 g/mol. The van der Waals surface area contributed by atoms with Gasteiger partial charge in [-0.05, 0) is 36.4 Å². The zero-order valence-corrected chi connectivity index (χ0v) is 11.1. The molecule has 1 aliphatic heterocycles. The fourth-order valence-corrected chi connectivity index (χ4v) is 3.58. The SMILES string of the molecule is CC1SCCC1(Nc1ccc(Cl)cc1)C(N)=O. The molecule has 1 heterocycles. The van der Waals surface area contributed by atoms with Crippen LogP contribution in [0.25, 0.3) is 0 Å². The molecule has 2 rings (SSSR count). The summed E-state index contributed by atoms with van der Waals surface area (Å²) in [5, 5.41) is 4.13. The molecule has 0 radical (unpaired) electrons. The van der Waals surface area contributed by atoms with Gasteiger partial charge < -0.3 is 11.1 Å². The van der Waals surface area contributed by atoms with Gasteiger partial charge in [0, 0.05) is 16.0 Å². The fourth-order valence-electron chi connectivity index (χ4n) is 2.08. The smallest absolute Gasteiger partial charge is 0.244 e. The molecule has 1 aliphatic rings. The molecule has 3 N–H and O–H groups in total. The summed E-state index contributed by atoms with van der Waals surface area (Å²) in [6, 6.07) is 7.32. The van der Waals surface area contributed by atoms with Crippen molar-refractivity contribution in [2.45, 2.75) is 24.1 Å². The van der Waals surface area contributed by atoms with Crippen molar-refractivity contribution < 1.29 is 4.79 Å². The quantitative estimate of drug-likeness (QED) is 0.887. The summed E-state index contributed by atoms with van der Waals surface area (Å²) >= 11 is 7.60. The molecule has 2 atom stereocenters. The summed E-state index contributed by atoms with van der Waals surface area (Å²) in [5.74, 6) is 0.662. The van der Waals surface area contributed by atoms with E-state index in [1.807, 2.05) is 19.1 Å². The molecular weight excluding hydrogens is 256 g/mol. The van der Waals surface area contributed by atoms with Gasteiger partial charge in [0.25, 0.3) is 0 Å². The van der Waals surface area contributed by atoms with Crippen LogP contribution in [0.4, 0.5) is 5.69 Å². The summed E-state index contributed by atoms with van der Waals surface area (Å²) < 4.78 is 0. The molecule has 0 bridgehead atoms. The van der Waals surface area contributed by atoms with Crippen LogP contribution in [-0.2, 0) is 4.79 Å². The lowest BCUT2D eigenvalue weighted by molar-refractivity contribution is -0.122. The molecule has 0 spiro atoms. The van der Waals surface area contributed by atoms with E-state index in [1.54, 1.807) is 23.9 Å². The van der Waals surface area contributed by atoms with Crippen molar-refractivity contribution in [1.29, 1.82) is 0 Å². The predicted molar refractivity (Wildman–Crippen MR) is 73.5 cm³/mol. The molecule has 1 aromatic carbocycles. The van der Waals surface area contributed by atoms with Crippen LogP contribution in [0, 0.1) is 0 Å². The highest BCUT2D eigenvalue weighted by atomic mass is 35.5. The number of amides is 1. The topological polar surface area (TPSA) is 55.1 Å². The highest BCUT2D eigenvalue weighted by Crippen LogP contribution is 2.38. The minimum atomic E-state index is -0.640. The Kier molecular flexibility index (Phi) is 3.54. The second-order valence-electron chi connectivity index (χ2n) is 4.23. The van der Waals surface area contributed by atoms with Crippen molar-refractivity contribution in [3.8, 4) is 0 Å². The number of hydrogen-bond acceptors (Lipinski definition) is 3. The van der Waals surface area contributed by atoms with Gasteiger partial charge in [0.05, 0.1) is 0 Å². The van der Waals surface area contributed by atoms with Crippen molar-refractivity contribution >= 4 is 35.0 Å². The van der Waals surface area contributed by atoms with Crippen LogP contribution in [0.1, 0.15) is 13.3 Å². The Morgan fingerprint density at radius 3 is 2.65 bits per heavy atom. The number of thioether (sulfide) groups is 1. The van der Waals surface area contributed by atoms with Crippen LogP contribution >= 0.6 is 23.4 Å². The Balaban J connectivity index is 2.24. The second kappa shape index (κ2) is 4.78. The zero-order chi connectivity index (χ0) is 12.5. The van der Waals surface area contributed by atoms with Crippen LogP contribution in [0.5, 0.6) is 0 Å². The first kappa shape index (κ1) is 12.6. The number of rotatable bonds is 3. The number of nitrogens with one attached hydrogen (secondary N) is 1. The summed E-state index contributed by atoms with van der Waals surface area (Å²) in [7, 11) is 0. The number of carbonyl (C=O) groups is 1. The van der Waals surface area contributed by atoms with Gasteiger partial charge in [-0.15, -0.1) is 0 Å². The van der Waals surface area contributed by atoms with Gasteiger partial charge in [0.1, 0.15) is 5.54 Å². The van der Waals surface area contributed by atoms with E-state index in [1.165, 1.54) is 0 Å². The fraction of sp³-hybridized carbons (Fsp3) is 0.417. The Labute approximate surface area is 110 Å². The van der Waals surface area contributed by atoms with E-state index < -0.39 is 5.54 Å². The Morgan fingerprint density at radius 2 is 2.18 bits per heavy atom. The summed E-state index contributed by atoms with van der Waals surface area (Å²) in [4.78, 5) is 11.7. The second-order valence-corrected chi connectivity index (χ2v) is 6.12. The summed E-state index contributed by atoms with van der Waals surface area (Å²) in [6.07, 6.45) is 0.761. The first-order valence-corrected chi connectivity index (χ1v) is 6.92. The minimum absolute atomic E-state index is 0.177. The highest BCUT2D eigenvalue weighted by Gasteiger charge is 2.46. The van der Waals surface area contributed by atoms with E-state index in [9.17, 15) is 4.79 Å². The van der Waals surface area contributed by atoms with Crippen LogP contribution in [0.2, 0.25) is 5.02 Å². The maximum atomic E-state index is 11.7. The predicted octanol–water partition coefficient (Wildman–Crippen LogP) is 2.50. The van der Waals surface area contributed by atoms with E-state index in [4.69, 9.17) is 17.3 Å². The van der Waals surface area contributed by atoms with Gasteiger partial charge in [0.15, 0.2) is 0 Å². The zero-order valence-electron chi connectivity index (χ0n) is 9.57. The molecule has 5 heteroatoms. The molecule has 92 valence electrons. The maximum absolute atomic E-state index is 11.7. The maximum Gasteiger partial charge on any atom is 0.244 e. The van der Waals surface area contributed by atoms with Crippen molar-refractivity contribution in [3.63, 3.8) is 0 Å². The largest absolute Gasteiger partial charge is 0.370 e. The molecular formula is C12H15ClN2OS. The number of halogens is 1. The van der Waals surface area contributed by atoms with Crippen molar-refractivity contribution in [2.75, 3.05) is 11.1 Å². The summed E-state index contributed by atoms with van der Waals surface area (Å²) in [6.45, 7) is 2.03. The van der Waals surface area contributed by atoms with E-state index in [0.29, 0.717) is 5.02 Å². The van der Waals surface area contributed by atoms with Gasteiger partial charge in [-0.1, -0.05) is 18.5 Å². The normalized spacial score (nSPS) is 28.0. The molecule has 1 amide bonds. The minimum Gasteiger partial charge on any atom is -0.370 e. The molecule has 17 heavy (non-hydrogen) atoms. The summed E-state index contributed by atoms with van der Waals surface area (Å²) in [5.41, 5.74) is 5.80. The highest BCUT2D eigenvalue weighted by molar-refractivity contribution is 8.00. The lowest BCUT2D eigenvalue weighted by Crippen LogP contribution is -2.54. The van der Waals surface area contributed by atoms with E-state index >= 15 is 0 Å².